The van der Waals surface area contributed by atoms with Crippen molar-refractivity contribution in [2.45, 2.75) is 32.9 Å². The Bertz CT molecular complexity index is 296. The first-order valence-corrected chi connectivity index (χ1v) is 6.98. The summed E-state index contributed by atoms with van der Waals surface area (Å²) in [5, 5.41) is 3.28. The monoisotopic (exact) mass is 255 g/mol. The number of nitrogens with one attached hydrogen (secondary N) is 1. The van der Waals surface area contributed by atoms with Crippen molar-refractivity contribution in [1.29, 1.82) is 0 Å². The van der Waals surface area contributed by atoms with Crippen LogP contribution in [-0.4, -0.2) is 67.3 Å². The number of rotatable bonds is 4. The van der Waals surface area contributed by atoms with Crippen LogP contribution in [0.2, 0.25) is 0 Å². The number of hydrogen-bond donors (Lipinski definition) is 1. The average Bonchev–Trinajstić information content (AvgIpc) is 2.71. The molecule has 2 fully saturated rings. The second-order valence-corrected chi connectivity index (χ2v) is 5.53. The van der Waals surface area contributed by atoms with E-state index in [2.05, 4.69) is 31.0 Å². The van der Waals surface area contributed by atoms with Crippen molar-refractivity contribution in [2.24, 2.45) is 5.92 Å². The first-order chi connectivity index (χ1) is 8.61. The van der Waals surface area contributed by atoms with E-state index in [0.29, 0.717) is 19.1 Å². The maximum Gasteiger partial charge on any atom is 0.241 e. The molecule has 18 heavy (non-hydrogen) atoms. The topological polar surface area (TPSA) is 44.8 Å². The van der Waals surface area contributed by atoms with Crippen molar-refractivity contribution in [1.82, 2.24) is 15.1 Å². The molecule has 0 bridgehead atoms. The highest BCUT2D eigenvalue weighted by atomic mass is 16.5. The molecular formula is C13H25N3O2. The van der Waals surface area contributed by atoms with Crippen LogP contribution in [0.3, 0.4) is 0 Å². The first-order valence-electron chi connectivity index (χ1n) is 6.98. The Morgan fingerprint density at radius 2 is 2.28 bits per heavy atom. The van der Waals surface area contributed by atoms with Gasteiger partial charge in [-0.3, -0.25) is 15.0 Å². The van der Waals surface area contributed by atoms with Gasteiger partial charge in [-0.2, -0.15) is 0 Å². The highest BCUT2D eigenvalue weighted by Gasteiger charge is 2.35. The summed E-state index contributed by atoms with van der Waals surface area (Å²) in [7, 11) is 0. The zero-order valence-corrected chi connectivity index (χ0v) is 11.7. The molecule has 2 atom stereocenters. The highest BCUT2D eigenvalue weighted by molar-refractivity contribution is 5.84. The van der Waals surface area contributed by atoms with Gasteiger partial charge in [-0.25, -0.2) is 0 Å². The minimum absolute atomic E-state index is 0.0177. The molecule has 1 N–H and O–H groups in total. The van der Waals surface area contributed by atoms with Crippen molar-refractivity contribution < 1.29 is 9.53 Å². The minimum atomic E-state index is -0.0177. The van der Waals surface area contributed by atoms with Gasteiger partial charge < -0.3 is 9.64 Å². The molecule has 0 aromatic carbocycles. The molecule has 5 nitrogen and oxygen atoms in total. The number of nitrogens with zero attached hydrogens (tertiary/aromatic N) is 2. The molecule has 0 aromatic rings. The lowest BCUT2D eigenvalue weighted by Gasteiger charge is -2.34. The zero-order valence-electron chi connectivity index (χ0n) is 11.7. The van der Waals surface area contributed by atoms with Crippen molar-refractivity contribution in [3.05, 3.63) is 0 Å². The van der Waals surface area contributed by atoms with E-state index < -0.39 is 0 Å². The Labute approximate surface area is 109 Å². The fraction of sp³-hybridized carbons (Fsp3) is 0.923. The Hall–Kier alpha value is -0.650. The van der Waals surface area contributed by atoms with Gasteiger partial charge in [-0.05, 0) is 12.5 Å². The minimum Gasteiger partial charge on any atom is -0.374 e. The van der Waals surface area contributed by atoms with Gasteiger partial charge in [0, 0.05) is 19.6 Å². The Balaban J connectivity index is 1.85. The molecule has 2 unspecified atom stereocenters. The summed E-state index contributed by atoms with van der Waals surface area (Å²) >= 11 is 0. The fourth-order valence-electron chi connectivity index (χ4n) is 2.67. The average molecular weight is 255 g/mol. The number of carbonyl (C=O) groups is 1. The van der Waals surface area contributed by atoms with E-state index in [4.69, 9.17) is 4.74 Å². The SMILES string of the molecule is CCN1CCOC(CN2CNC(C(C)C)C2=O)C1. The van der Waals surface area contributed by atoms with Crippen molar-refractivity contribution >= 4 is 5.91 Å². The summed E-state index contributed by atoms with van der Waals surface area (Å²) in [6, 6.07) is -0.0177. The molecule has 0 aromatic heterocycles. The molecule has 1 amide bonds. The molecule has 2 aliphatic heterocycles. The number of amides is 1. The molecule has 0 spiro atoms. The summed E-state index contributed by atoms with van der Waals surface area (Å²) < 4.78 is 5.75. The number of ether oxygens (including phenoxy) is 1. The van der Waals surface area contributed by atoms with Gasteiger partial charge >= 0.3 is 0 Å². The molecule has 104 valence electrons. The molecule has 0 aliphatic carbocycles. The van der Waals surface area contributed by atoms with Gasteiger partial charge in [0.1, 0.15) is 0 Å². The van der Waals surface area contributed by atoms with E-state index in [1.165, 1.54) is 0 Å². The molecule has 2 heterocycles. The molecule has 5 heteroatoms. The van der Waals surface area contributed by atoms with E-state index in [1.807, 2.05) is 4.90 Å². The lowest BCUT2D eigenvalue weighted by Crippen LogP contribution is -2.48. The van der Waals surface area contributed by atoms with Gasteiger partial charge in [0.2, 0.25) is 5.91 Å². The second kappa shape index (κ2) is 5.99. The molecule has 2 rings (SSSR count). The van der Waals surface area contributed by atoms with Gasteiger partial charge in [0.05, 0.1) is 25.4 Å². The number of carbonyl (C=O) groups excluding carboxylic acids is 1. The van der Waals surface area contributed by atoms with Crippen LogP contribution in [0.1, 0.15) is 20.8 Å². The van der Waals surface area contributed by atoms with Crippen LogP contribution < -0.4 is 5.32 Å². The zero-order chi connectivity index (χ0) is 13.1. The largest absolute Gasteiger partial charge is 0.374 e. The highest BCUT2D eigenvalue weighted by Crippen LogP contribution is 2.14. The molecule has 0 radical (unpaired) electrons. The predicted octanol–water partition coefficient (Wildman–Crippen LogP) is 0.121. The third-order valence-electron chi connectivity index (χ3n) is 3.84. The molecule has 2 saturated heterocycles. The molecule has 2 aliphatic rings. The van der Waals surface area contributed by atoms with Crippen molar-refractivity contribution in [3.8, 4) is 0 Å². The lowest BCUT2D eigenvalue weighted by atomic mass is 10.1. The third-order valence-corrected chi connectivity index (χ3v) is 3.84. The summed E-state index contributed by atoms with van der Waals surface area (Å²) in [6.45, 7) is 11.5. The van der Waals surface area contributed by atoms with E-state index in [9.17, 15) is 4.79 Å². The van der Waals surface area contributed by atoms with E-state index in [0.717, 1.165) is 26.2 Å². The Morgan fingerprint density at radius 1 is 1.50 bits per heavy atom. The summed E-state index contributed by atoms with van der Waals surface area (Å²) in [6.07, 6.45) is 0.162. The first kappa shape index (κ1) is 13.8. The summed E-state index contributed by atoms with van der Waals surface area (Å²) in [4.78, 5) is 16.4. The second-order valence-electron chi connectivity index (χ2n) is 5.53. The lowest BCUT2D eigenvalue weighted by molar-refractivity contribution is -0.132. The molecule has 0 saturated carbocycles. The Kier molecular flexibility index (Phi) is 4.59. The number of hydrogen-bond acceptors (Lipinski definition) is 4. The fourth-order valence-corrected chi connectivity index (χ4v) is 2.67. The van der Waals surface area contributed by atoms with E-state index >= 15 is 0 Å². The van der Waals surface area contributed by atoms with Crippen LogP contribution in [0.15, 0.2) is 0 Å². The van der Waals surface area contributed by atoms with Crippen LogP contribution in [0, 0.1) is 5.92 Å². The van der Waals surface area contributed by atoms with E-state index in [-0.39, 0.29) is 18.1 Å². The van der Waals surface area contributed by atoms with Crippen LogP contribution in [0.4, 0.5) is 0 Å². The normalized spacial score (nSPS) is 30.4. The van der Waals surface area contributed by atoms with Crippen LogP contribution in [-0.2, 0) is 9.53 Å². The van der Waals surface area contributed by atoms with Crippen molar-refractivity contribution in [2.75, 3.05) is 39.5 Å². The smallest absolute Gasteiger partial charge is 0.241 e. The van der Waals surface area contributed by atoms with Gasteiger partial charge in [0.15, 0.2) is 0 Å². The number of morpholine rings is 1. The van der Waals surface area contributed by atoms with E-state index in [1.54, 1.807) is 0 Å². The van der Waals surface area contributed by atoms with Crippen LogP contribution in [0.5, 0.6) is 0 Å². The van der Waals surface area contributed by atoms with Crippen LogP contribution in [0.25, 0.3) is 0 Å². The Morgan fingerprint density at radius 3 is 2.89 bits per heavy atom. The van der Waals surface area contributed by atoms with Crippen LogP contribution >= 0.6 is 0 Å². The maximum atomic E-state index is 12.2. The predicted molar refractivity (Wildman–Crippen MR) is 70.2 cm³/mol. The third kappa shape index (κ3) is 3.02. The summed E-state index contributed by atoms with van der Waals surface area (Å²) in [5.41, 5.74) is 0. The standard InChI is InChI=1S/C13H25N3O2/c1-4-15-5-6-18-11(7-15)8-16-9-14-12(10(2)3)13(16)17/h10-12,14H,4-9H2,1-3H3. The van der Waals surface area contributed by atoms with Gasteiger partial charge in [-0.15, -0.1) is 0 Å². The van der Waals surface area contributed by atoms with Crippen molar-refractivity contribution in [3.63, 3.8) is 0 Å². The van der Waals surface area contributed by atoms with Gasteiger partial charge in [0.25, 0.3) is 0 Å². The number of likely N-dealkylation sites (N-methyl/N-ethyl adjacent to an activating group) is 1. The summed E-state index contributed by atoms with van der Waals surface area (Å²) in [5.74, 6) is 0.573. The quantitative estimate of drug-likeness (QED) is 0.775. The van der Waals surface area contributed by atoms with Gasteiger partial charge in [-0.1, -0.05) is 20.8 Å². The molecular weight excluding hydrogens is 230 g/mol. The maximum absolute atomic E-state index is 12.2.